The largest absolute Gasteiger partial charge is 0.482 e. The van der Waals surface area contributed by atoms with Crippen molar-refractivity contribution in [2.45, 2.75) is 32.4 Å². The van der Waals surface area contributed by atoms with Gasteiger partial charge in [0, 0.05) is 18.1 Å². The van der Waals surface area contributed by atoms with Gasteiger partial charge in [0.2, 0.25) is 5.89 Å². The summed E-state index contributed by atoms with van der Waals surface area (Å²) >= 11 is 0. The van der Waals surface area contributed by atoms with Gasteiger partial charge in [-0.1, -0.05) is 43.7 Å². The number of oxazole rings is 1. The SMILES string of the molecule is CCC[C@@H]1C=CCN1C(=O)c1coc(COc2cccc3cccnc23)n1. The number of hydrogen-bond acceptors (Lipinski definition) is 5. The van der Waals surface area contributed by atoms with E-state index in [-0.39, 0.29) is 18.6 Å². The molecule has 0 bridgehead atoms. The molecule has 0 saturated heterocycles. The van der Waals surface area contributed by atoms with E-state index in [1.54, 1.807) is 6.20 Å². The number of benzene rings is 1. The molecule has 0 aliphatic carbocycles. The maximum atomic E-state index is 12.7. The fourth-order valence-electron chi connectivity index (χ4n) is 3.31. The summed E-state index contributed by atoms with van der Waals surface area (Å²) in [6.07, 6.45) is 9.21. The van der Waals surface area contributed by atoms with Gasteiger partial charge in [-0.05, 0) is 18.6 Å². The topological polar surface area (TPSA) is 68.5 Å². The molecule has 4 rings (SSSR count). The van der Waals surface area contributed by atoms with Crippen LogP contribution in [-0.4, -0.2) is 33.4 Å². The van der Waals surface area contributed by atoms with Crippen molar-refractivity contribution in [3.05, 3.63) is 66.5 Å². The van der Waals surface area contributed by atoms with Crippen molar-refractivity contribution in [2.24, 2.45) is 0 Å². The lowest BCUT2D eigenvalue weighted by molar-refractivity contribution is 0.0738. The number of rotatable bonds is 6. The second kappa shape index (κ2) is 7.61. The molecule has 0 N–H and O–H groups in total. The van der Waals surface area contributed by atoms with Gasteiger partial charge in [0.15, 0.2) is 12.3 Å². The number of hydrogen-bond donors (Lipinski definition) is 0. The summed E-state index contributed by atoms with van der Waals surface area (Å²) in [4.78, 5) is 23.2. The third-order valence-electron chi connectivity index (χ3n) is 4.62. The molecule has 2 aromatic heterocycles. The number of fused-ring (bicyclic) bond motifs is 1. The van der Waals surface area contributed by atoms with Crippen LogP contribution in [0.5, 0.6) is 5.75 Å². The van der Waals surface area contributed by atoms with Crippen LogP contribution in [0.3, 0.4) is 0 Å². The third-order valence-corrected chi connectivity index (χ3v) is 4.62. The van der Waals surface area contributed by atoms with Gasteiger partial charge in [-0.2, -0.15) is 0 Å². The number of pyridine rings is 1. The maximum Gasteiger partial charge on any atom is 0.276 e. The predicted molar refractivity (Wildman–Crippen MR) is 101 cm³/mol. The van der Waals surface area contributed by atoms with Gasteiger partial charge < -0.3 is 14.1 Å². The van der Waals surface area contributed by atoms with Gasteiger partial charge in [-0.15, -0.1) is 0 Å². The van der Waals surface area contributed by atoms with E-state index in [9.17, 15) is 4.79 Å². The number of aromatic nitrogens is 2. The fourth-order valence-corrected chi connectivity index (χ4v) is 3.31. The van der Waals surface area contributed by atoms with Crippen molar-refractivity contribution in [3.8, 4) is 5.75 Å². The summed E-state index contributed by atoms with van der Waals surface area (Å²) in [5.74, 6) is 0.914. The first-order valence-electron chi connectivity index (χ1n) is 9.15. The smallest absolute Gasteiger partial charge is 0.276 e. The Morgan fingerprint density at radius 2 is 2.22 bits per heavy atom. The van der Waals surface area contributed by atoms with Crippen molar-refractivity contribution >= 4 is 16.8 Å². The molecule has 1 aliphatic heterocycles. The molecule has 1 amide bonds. The van der Waals surface area contributed by atoms with Crippen LogP contribution in [0.2, 0.25) is 0 Å². The molecule has 1 aliphatic rings. The summed E-state index contributed by atoms with van der Waals surface area (Å²) in [5, 5.41) is 1.00. The van der Waals surface area contributed by atoms with E-state index in [2.05, 4.69) is 23.0 Å². The second-order valence-corrected chi connectivity index (χ2v) is 6.49. The van der Waals surface area contributed by atoms with Gasteiger partial charge in [-0.25, -0.2) is 4.98 Å². The number of nitrogens with zero attached hydrogens (tertiary/aromatic N) is 3. The van der Waals surface area contributed by atoms with E-state index in [1.165, 1.54) is 6.26 Å². The molecule has 0 radical (unpaired) electrons. The molecule has 1 atom stereocenters. The molecule has 0 fully saturated rings. The summed E-state index contributed by atoms with van der Waals surface area (Å²) in [6.45, 7) is 2.87. The lowest BCUT2D eigenvalue weighted by Crippen LogP contribution is -2.36. The second-order valence-electron chi connectivity index (χ2n) is 6.49. The molecular weight excluding hydrogens is 342 g/mol. The first kappa shape index (κ1) is 17.3. The Morgan fingerprint density at radius 3 is 3.11 bits per heavy atom. The van der Waals surface area contributed by atoms with Gasteiger partial charge in [-0.3, -0.25) is 9.78 Å². The number of para-hydroxylation sites is 1. The molecule has 6 heteroatoms. The van der Waals surface area contributed by atoms with E-state index >= 15 is 0 Å². The number of ether oxygens (including phenoxy) is 1. The standard InChI is InChI=1S/C21H21N3O3/c1-2-6-16-9-5-12-24(16)21(25)17-13-27-19(23-17)14-26-18-10-3-7-15-8-4-11-22-20(15)18/h3-5,7-11,13,16H,2,6,12,14H2,1H3/t16-/m1/s1. The van der Waals surface area contributed by atoms with Crippen LogP contribution in [0.1, 0.15) is 36.1 Å². The first-order valence-corrected chi connectivity index (χ1v) is 9.15. The monoisotopic (exact) mass is 363 g/mol. The minimum atomic E-state index is -0.111. The average Bonchev–Trinajstić information content (AvgIpc) is 3.36. The zero-order valence-electron chi connectivity index (χ0n) is 15.2. The van der Waals surface area contributed by atoms with E-state index in [0.717, 1.165) is 23.7 Å². The first-order chi connectivity index (χ1) is 13.3. The minimum absolute atomic E-state index is 0.111. The van der Waals surface area contributed by atoms with Crippen LogP contribution in [0, 0.1) is 0 Å². The summed E-state index contributed by atoms with van der Waals surface area (Å²) < 4.78 is 11.3. The molecule has 1 aromatic carbocycles. The zero-order valence-corrected chi connectivity index (χ0v) is 15.2. The Bertz CT molecular complexity index is 974. The molecule has 0 saturated carbocycles. The van der Waals surface area contributed by atoms with Gasteiger partial charge in [0.25, 0.3) is 5.91 Å². The third kappa shape index (κ3) is 3.56. The lowest BCUT2D eigenvalue weighted by Gasteiger charge is -2.23. The Morgan fingerprint density at radius 1 is 1.33 bits per heavy atom. The van der Waals surface area contributed by atoms with Crippen molar-refractivity contribution in [3.63, 3.8) is 0 Å². The number of amides is 1. The molecule has 138 valence electrons. The van der Waals surface area contributed by atoms with Crippen LogP contribution in [0.25, 0.3) is 10.9 Å². The summed E-state index contributed by atoms with van der Waals surface area (Å²) in [6, 6.07) is 9.76. The lowest BCUT2D eigenvalue weighted by atomic mass is 10.1. The van der Waals surface area contributed by atoms with Crippen LogP contribution in [0.15, 0.2) is 59.4 Å². The van der Waals surface area contributed by atoms with E-state index < -0.39 is 0 Å². The molecule has 0 spiro atoms. The fraction of sp³-hybridized carbons (Fsp3) is 0.286. The highest BCUT2D eigenvalue weighted by Crippen LogP contribution is 2.24. The molecular formula is C21H21N3O3. The number of carbonyl (C=O) groups excluding carboxylic acids is 1. The van der Waals surface area contributed by atoms with Crippen LogP contribution < -0.4 is 4.74 Å². The van der Waals surface area contributed by atoms with Gasteiger partial charge in [0.05, 0.1) is 6.04 Å². The summed E-state index contributed by atoms with van der Waals surface area (Å²) in [5.41, 5.74) is 1.10. The molecule has 3 heterocycles. The highest BCUT2D eigenvalue weighted by molar-refractivity contribution is 5.92. The van der Waals surface area contributed by atoms with Gasteiger partial charge in [0.1, 0.15) is 17.5 Å². The Hall–Kier alpha value is -3.15. The highest BCUT2D eigenvalue weighted by atomic mass is 16.5. The van der Waals surface area contributed by atoms with Crippen LogP contribution >= 0.6 is 0 Å². The minimum Gasteiger partial charge on any atom is -0.482 e. The summed E-state index contributed by atoms with van der Waals surface area (Å²) in [7, 11) is 0. The predicted octanol–water partition coefficient (Wildman–Crippen LogP) is 3.98. The Balaban J connectivity index is 1.44. The van der Waals surface area contributed by atoms with E-state index in [4.69, 9.17) is 9.15 Å². The van der Waals surface area contributed by atoms with E-state index in [0.29, 0.717) is 23.9 Å². The van der Waals surface area contributed by atoms with Crippen molar-refractivity contribution in [1.29, 1.82) is 0 Å². The zero-order chi connectivity index (χ0) is 18.6. The van der Waals surface area contributed by atoms with Gasteiger partial charge >= 0.3 is 0 Å². The van der Waals surface area contributed by atoms with Crippen molar-refractivity contribution < 1.29 is 13.9 Å². The quantitative estimate of drug-likeness (QED) is 0.620. The molecule has 27 heavy (non-hydrogen) atoms. The van der Waals surface area contributed by atoms with Crippen LogP contribution in [-0.2, 0) is 6.61 Å². The highest BCUT2D eigenvalue weighted by Gasteiger charge is 2.27. The maximum absolute atomic E-state index is 12.7. The Labute approximate surface area is 157 Å². The number of carbonyl (C=O) groups is 1. The molecule has 6 nitrogen and oxygen atoms in total. The van der Waals surface area contributed by atoms with Crippen molar-refractivity contribution in [1.82, 2.24) is 14.9 Å². The normalized spacial score (nSPS) is 16.2. The van der Waals surface area contributed by atoms with Crippen molar-refractivity contribution in [2.75, 3.05) is 6.54 Å². The molecule has 3 aromatic rings. The average molecular weight is 363 g/mol. The van der Waals surface area contributed by atoms with Crippen LogP contribution in [0.4, 0.5) is 0 Å². The molecule has 0 unspecified atom stereocenters. The Kier molecular flexibility index (Phi) is 4.87. The van der Waals surface area contributed by atoms with E-state index in [1.807, 2.05) is 41.3 Å².